The van der Waals surface area contributed by atoms with Crippen LogP contribution in [0.4, 0.5) is 11.5 Å². The first-order chi connectivity index (χ1) is 17.8. The zero-order chi connectivity index (χ0) is 24.6. The van der Waals surface area contributed by atoms with Gasteiger partial charge in [0.15, 0.2) is 11.0 Å². The van der Waals surface area contributed by atoms with E-state index in [4.69, 9.17) is 22.6 Å². The van der Waals surface area contributed by atoms with Gasteiger partial charge in [0.25, 0.3) is 0 Å². The molecule has 0 saturated heterocycles. The van der Waals surface area contributed by atoms with Crippen molar-refractivity contribution in [2.24, 2.45) is 0 Å². The maximum Gasteiger partial charge on any atom is 0.190 e. The van der Waals surface area contributed by atoms with E-state index in [2.05, 4.69) is 101 Å². The Balaban J connectivity index is 1.33. The Morgan fingerprint density at radius 2 is 1.22 bits per heavy atom. The first-order valence-electron chi connectivity index (χ1n) is 12.3. The van der Waals surface area contributed by atoms with Gasteiger partial charge in [0.1, 0.15) is 16.2 Å². The quantitative estimate of drug-likeness (QED) is 0.0958. The summed E-state index contributed by atoms with van der Waals surface area (Å²) in [6.45, 7) is 0.845. The van der Waals surface area contributed by atoms with E-state index in [0.29, 0.717) is 0 Å². The fourth-order valence-corrected chi connectivity index (χ4v) is 6.39. The molecule has 0 radical (unpaired) electrons. The standard InChI is InChI=1S/C29H30N4S3/c34-29-30-25-26(33(29)19-16-22-10-4-1-5-11-22)31-28(36-21-18-24-14-8-3-9-15-24)32-27(25)35-20-17-23-12-6-2-7-13-23/h1-15,29-30,34H,16-21H2. The molecule has 1 atom stereocenters. The number of thioether (sulfide) groups is 2. The number of nitrogens with one attached hydrogen (secondary N) is 1. The van der Waals surface area contributed by atoms with Crippen LogP contribution in [0, 0.1) is 0 Å². The van der Waals surface area contributed by atoms with Crippen LogP contribution in [-0.4, -0.2) is 33.5 Å². The number of hydrogen-bond donors (Lipinski definition) is 2. The number of benzene rings is 3. The Morgan fingerprint density at radius 1 is 0.694 bits per heavy atom. The van der Waals surface area contributed by atoms with E-state index in [-0.39, 0.29) is 5.50 Å². The molecule has 0 aliphatic carbocycles. The number of hydrogen-bond acceptors (Lipinski definition) is 7. The normalized spacial score (nSPS) is 14.5. The summed E-state index contributed by atoms with van der Waals surface area (Å²) in [7, 11) is 0. The van der Waals surface area contributed by atoms with Crippen LogP contribution in [0.25, 0.3) is 0 Å². The minimum absolute atomic E-state index is 0.115. The third-order valence-electron chi connectivity index (χ3n) is 6.10. The summed E-state index contributed by atoms with van der Waals surface area (Å²) in [5, 5.41) is 5.39. The highest BCUT2D eigenvalue weighted by molar-refractivity contribution is 7.99. The van der Waals surface area contributed by atoms with Crippen molar-refractivity contribution < 1.29 is 0 Å². The van der Waals surface area contributed by atoms with Crippen LogP contribution >= 0.6 is 36.2 Å². The number of aromatic nitrogens is 2. The molecule has 2 heterocycles. The van der Waals surface area contributed by atoms with Crippen LogP contribution < -0.4 is 10.2 Å². The van der Waals surface area contributed by atoms with E-state index >= 15 is 0 Å². The minimum atomic E-state index is -0.115. The van der Waals surface area contributed by atoms with E-state index in [1.54, 1.807) is 23.5 Å². The van der Waals surface area contributed by atoms with E-state index < -0.39 is 0 Å². The lowest BCUT2D eigenvalue weighted by Gasteiger charge is -2.22. The van der Waals surface area contributed by atoms with Crippen LogP contribution in [0.15, 0.2) is 101 Å². The van der Waals surface area contributed by atoms with Gasteiger partial charge >= 0.3 is 0 Å². The maximum atomic E-state index is 5.01. The Morgan fingerprint density at radius 3 is 1.81 bits per heavy atom. The molecule has 4 nitrogen and oxygen atoms in total. The van der Waals surface area contributed by atoms with Gasteiger partial charge < -0.3 is 10.2 Å². The monoisotopic (exact) mass is 530 g/mol. The van der Waals surface area contributed by atoms with Gasteiger partial charge in [0.05, 0.1) is 0 Å². The smallest absolute Gasteiger partial charge is 0.190 e. The van der Waals surface area contributed by atoms with E-state index in [1.807, 2.05) is 0 Å². The Labute approximate surface area is 227 Å². The zero-order valence-corrected chi connectivity index (χ0v) is 22.6. The van der Waals surface area contributed by atoms with Crippen molar-refractivity contribution in [2.75, 3.05) is 28.3 Å². The second-order valence-corrected chi connectivity index (χ2v) is 11.3. The summed E-state index contributed by atoms with van der Waals surface area (Å²) in [5.41, 5.74) is 4.89. The SMILES string of the molecule is SC1Nc2c(SCCc3ccccc3)nc(SCCc3ccccc3)nc2N1CCc1ccccc1. The molecule has 1 N–H and O–H groups in total. The number of thiol groups is 1. The van der Waals surface area contributed by atoms with Crippen LogP contribution in [0.5, 0.6) is 0 Å². The number of fused-ring (bicyclic) bond motifs is 1. The molecular formula is C29H30N4S3. The molecule has 1 aromatic heterocycles. The van der Waals surface area contributed by atoms with Gasteiger partial charge in [-0.15, -0.1) is 24.4 Å². The highest BCUT2D eigenvalue weighted by Crippen LogP contribution is 2.41. The molecule has 36 heavy (non-hydrogen) atoms. The molecule has 0 bridgehead atoms. The lowest BCUT2D eigenvalue weighted by Crippen LogP contribution is -2.33. The van der Waals surface area contributed by atoms with Gasteiger partial charge in [-0.25, -0.2) is 9.97 Å². The zero-order valence-electron chi connectivity index (χ0n) is 20.1. The largest absolute Gasteiger partial charge is 0.352 e. The van der Waals surface area contributed by atoms with Crippen molar-refractivity contribution in [1.82, 2.24) is 9.97 Å². The van der Waals surface area contributed by atoms with Crippen molar-refractivity contribution in [3.63, 3.8) is 0 Å². The van der Waals surface area contributed by atoms with Crippen molar-refractivity contribution >= 4 is 47.7 Å². The third-order valence-corrected chi connectivity index (χ3v) is 8.33. The molecule has 7 heteroatoms. The highest BCUT2D eigenvalue weighted by Gasteiger charge is 2.31. The number of nitrogens with zero attached hydrogens (tertiary/aromatic N) is 3. The third kappa shape index (κ3) is 6.58. The Hall–Kier alpha value is -2.61. The molecule has 0 fully saturated rings. The maximum absolute atomic E-state index is 5.01. The highest BCUT2D eigenvalue weighted by atomic mass is 32.2. The molecule has 1 aliphatic heterocycles. The second-order valence-electron chi connectivity index (χ2n) is 8.63. The van der Waals surface area contributed by atoms with Crippen LogP contribution in [0.3, 0.4) is 0 Å². The summed E-state index contributed by atoms with van der Waals surface area (Å²) in [5.74, 6) is 2.87. The lowest BCUT2D eigenvalue weighted by molar-refractivity contribution is 0.789. The average Bonchev–Trinajstić information content (AvgIpc) is 3.24. The molecule has 184 valence electrons. The number of aryl methyl sites for hydroxylation is 2. The average molecular weight is 531 g/mol. The van der Waals surface area contributed by atoms with Gasteiger partial charge in [-0.1, -0.05) is 103 Å². The van der Waals surface area contributed by atoms with E-state index in [0.717, 1.165) is 59.0 Å². The van der Waals surface area contributed by atoms with E-state index in [1.165, 1.54) is 16.7 Å². The topological polar surface area (TPSA) is 41.1 Å². The molecule has 5 rings (SSSR count). The van der Waals surface area contributed by atoms with Gasteiger partial charge in [-0.3, -0.25) is 0 Å². The summed E-state index contributed by atoms with van der Waals surface area (Å²) in [6.07, 6.45) is 2.94. The molecule has 1 unspecified atom stereocenters. The van der Waals surface area contributed by atoms with Gasteiger partial charge in [-0.05, 0) is 36.0 Å². The van der Waals surface area contributed by atoms with Gasteiger partial charge in [-0.2, -0.15) is 0 Å². The molecule has 4 aromatic rings. The minimum Gasteiger partial charge on any atom is -0.352 e. The summed E-state index contributed by atoms with van der Waals surface area (Å²) in [6, 6.07) is 31.8. The fourth-order valence-electron chi connectivity index (χ4n) is 4.17. The van der Waals surface area contributed by atoms with Crippen molar-refractivity contribution in [1.29, 1.82) is 0 Å². The Kier molecular flexibility index (Phi) is 8.75. The number of rotatable bonds is 11. The Bertz CT molecular complexity index is 1240. The van der Waals surface area contributed by atoms with Crippen molar-refractivity contribution in [3.05, 3.63) is 108 Å². The number of anilines is 2. The van der Waals surface area contributed by atoms with E-state index in [9.17, 15) is 0 Å². The molecule has 0 amide bonds. The van der Waals surface area contributed by atoms with Crippen LogP contribution in [-0.2, 0) is 19.3 Å². The van der Waals surface area contributed by atoms with Gasteiger partial charge in [0, 0.05) is 18.1 Å². The summed E-state index contributed by atoms with van der Waals surface area (Å²) >= 11 is 8.38. The van der Waals surface area contributed by atoms with Crippen LogP contribution in [0.1, 0.15) is 16.7 Å². The molecule has 0 spiro atoms. The predicted molar refractivity (Wildman–Crippen MR) is 158 cm³/mol. The van der Waals surface area contributed by atoms with Crippen LogP contribution in [0.2, 0.25) is 0 Å². The first kappa shape index (κ1) is 25.1. The second kappa shape index (κ2) is 12.6. The predicted octanol–water partition coefficient (Wildman–Crippen LogP) is 6.83. The van der Waals surface area contributed by atoms with Gasteiger partial charge in [0.2, 0.25) is 0 Å². The molecule has 0 saturated carbocycles. The molecular weight excluding hydrogens is 501 g/mol. The molecule has 3 aromatic carbocycles. The van der Waals surface area contributed by atoms with Crippen molar-refractivity contribution in [2.45, 2.75) is 34.9 Å². The first-order valence-corrected chi connectivity index (χ1v) is 14.8. The lowest BCUT2D eigenvalue weighted by atomic mass is 10.1. The molecule has 1 aliphatic rings. The summed E-state index contributed by atoms with van der Waals surface area (Å²) < 4.78 is 0. The summed E-state index contributed by atoms with van der Waals surface area (Å²) in [4.78, 5) is 12.3. The fraction of sp³-hybridized carbons (Fsp3) is 0.241. The van der Waals surface area contributed by atoms with Crippen molar-refractivity contribution in [3.8, 4) is 0 Å².